The summed E-state index contributed by atoms with van der Waals surface area (Å²) in [5.41, 5.74) is 3.43. The molecule has 1 fully saturated rings. The van der Waals surface area contributed by atoms with Crippen LogP contribution in [0.2, 0.25) is 0 Å². The van der Waals surface area contributed by atoms with Gasteiger partial charge in [-0.05, 0) is 31.0 Å². The molecule has 1 aliphatic rings. The summed E-state index contributed by atoms with van der Waals surface area (Å²) in [4.78, 5) is 40.7. The fourth-order valence-corrected chi connectivity index (χ4v) is 3.15. The van der Waals surface area contributed by atoms with E-state index in [0.29, 0.717) is 11.1 Å². The molecule has 0 aliphatic heterocycles. The number of benzene rings is 1. The molecule has 3 rings (SSSR count). The minimum Gasteiger partial charge on any atom is -0.349 e. The number of carbonyl (C=O) groups is 3. The smallest absolute Gasteiger partial charge is 0.329 e. The number of anilines is 1. The van der Waals surface area contributed by atoms with Gasteiger partial charge in [-0.1, -0.05) is 37.5 Å². The highest BCUT2D eigenvalue weighted by Crippen LogP contribution is 2.20. The number of rotatable bonds is 5. The van der Waals surface area contributed by atoms with Gasteiger partial charge in [0, 0.05) is 24.0 Å². The number of aromatic nitrogens is 1. The standard InChI is InChI=1S/C21H23N5O3/c27-19(24-16-8-2-1-3-9-16)17-10-4-5-11-18(17)25-20(28)21(29)26-23-14-15-7-6-12-22-13-15/h4-7,10-14,16H,1-3,8-9H2,(H,24,27)(H,25,28)(H,26,29). The first-order chi connectivity index (χ1) is 14.1. The fraction of sp³-hybridized carbons (Fsp3) is 0.286. The van der Waals surface area contributed by atoms with Crippen LogP contribution in [-0.2, 0) is 9.59 Å². The van der Waals surface area contributed by atoms with Crippen LogP contribution in [0.15, 0.2) is 53.9 Å². The molecule has 1 saturated carbocycles. The van der Waals surface area contributed by atoms with Gasteiger partial charge in [-0.25, -0.2) is 5.43 Å². The summed E-state index contributed by atoms with van der Waals surface area (Å²) < 4.78 is 0. The van der Waals surface area contributed by atoms with Crippen LogP contribution in [0, 0.1) is 0 Å². The third kappa shape index (κ3) is 5.97. The predicted molar refractivity (Wildman–Crippen MR) is 109 cm³/mol. The van der Waals surface area contributed by atoms with Gasteiger partial charge < -0.3 is 10.6 Å². The molecule has 0 radical (unpaired) electrons. The number of pyridine rings is 1. The number of amides is 3. The third-order valence-corrected chi connectivity index (χ3v) is 4.63. The van der Waals surface area contributed by atoms with Gasteiger partial charge in [0.2, 0.25) is 0 Å². The first-order valence-electron chi connectivity index (χ1n) is 9.58. The molecule has 8 heteroatoms. The average Bonchev–Trinajstić information content (AvgIpc) is 2.75. The van der Waals surface area contributed by atoms with E-state index in [9.17, 15) is 14.4 Å². The van der Waals surface area contributed by atoms with E-state index in [1.807, 2.05) is 0 Å². The van der Waals surface area contributed by atoms with Crippen molar-refractivity contribution in [3.05, 3.63) is 59.9 Å². The maximum Gasteiger partial charge on any atom is 0.329 e. The molecule has 3 amide bonds. The fourth-order valence-electron chi connectivity index (χ4n) is 3.15. The molecule has 0 unspecified atom stereocenters. The summed E-state index contributed by atoms with van der Waals surface area (Å²) in [6.45, 7) is 0. The SMILES string of the molecule is O=C(NN=Cc1cccnc1)C(=O)Nc1ccccc1C(=O)NC1CCCCC1. The summed E-state index contributed by atoms with van der Waals surface area (Å²) in [5.74, 6) is -2.11. The molecule has 1 aromatic carbocycles. The topological polar surface area (TPSA) is 113 Å². The van der Waals surface area contributed by atoms with Crippen molar-refractivity contribution in [1.82, 2.24) is 15.7 Å². The Kier molecular flexibility index (Phi) is 7.05. The Bertz CT molecular complexity index is 892. The molecule has 1 heterocycles. The highest BCUT2D eigenvalue weighted by atomic mass is 16.2. The van der Waals surface area contributed by atoms with Crippen molar-refractivity contribution in [2.24, 2.45) is 5.10 Å². The lowest BCUT2D eigenvalue weighted by Gasteiger charge is -2.23. The molecule has 8 nitrogen and oxygen atoms in total. The molecule has 2 aromatic rings. The van der Waals surface area contributed by atoms with E-state index in [-0.39, 0.29) is 17.6 Å². The van der Waals surface area contributed by atoms with E-state index in [1.165, 1.54) is 12.6 Å². The average molecular weight is 393 g/mol. The summed E-state index contributed by atoms with van der Waals surface area (Å²) in [6, 6.07) is 10.2. The van der Waals surface area contributed by atoms with Crippen molar-refractivity contribution < 1.29 is 14.4 Å². The van der Waals surface area contributed by atoms with Crippen LogP contribution >= 0.6 is 0 Å². The second-order valence-electron chi connectivity index (χ2n) is 6.79. The summed E-state index contributed by atoms with van der Waals surface area (Å²) in [5, 5.41) is 9.22. The first-order valence-corrected chi connectivity index (χ1v) is 9.58. The number of hydrogen-bond donors (Lipinski definition) is 3. The largest absolute Gasteiger partial charge is 0.349 e. The zero-order valence-electron chi connectivity index (χ0n) is 15.9. The van der Waals surface area contributed by atoms with E-state index in [4.69, 9.17) is 0 Å². The Morgan fingerprint density at radius 3 is 2.55 bits per heavy atom. The minimum absolute atomic E-state index is 0.144. The van der Waals surface area contributed by atoms with Crippen molar-refractivity contribution in [3.8, 4) is 0 Å². The van der Waals surface area contributed by atoms with Crippen LogP contribution in [0.4, 0.5) is 5.69 Å². The predicted octanol–water partition coefficient (Wildman–Crippen LogP) is 2.23. The molecule has 0 saturated heterocycles. The third-order valence-electron chi connectivity index (χ3n) is 4.63. The second-order valence-corrected chi connectivity index (χ2v) is 6.79. The number of para-hydroxylation sites is 1. The maximum absolute atomic E-state index is 12.6. The number of hydrogen-bond acceptors (Lipinski definition) is 5. The van der Waals surface area contributed by atoms with Crippen LogP contribution in [0.1, 0.15) is 48.0 Å². The van der Waals surface area contributed by atoms with Gasteiger partial charge in [-0.15, -0.1) is 0 Å². The number of nitrogens with one attached hydrogen (secondary N) is 3. The Balaban J connectivity index is 1.59. The van der Waals surface area contributed by atoms with Crippen LogP contribution in [0.25, 0.3) is 0 Å². The molecule has 3 N–H and O–H groups in total. The van der Waals surface area contributed by atoms with Crippen LogP contribution < -0.4 is 16.1 Å². The van der Waals surface area contributed by atoms with Gasteiger partial charge >= 0.3 is 11.8 Å². The second kappa shape index (κ2) is 10.1. The van der Waals surface area contributed by atoms with Crippen molar-refractivity contribution >= 4 is 29.6 Å². The Morgan fingerprint density at radius 2 is 1.79 bits per heavy atom. The van der Waals surface area contributed by atoms with Crippen LogP contribution in [0.5, 0.6) is 0 Å². The molecule has 150 valence electrons. The van der Waals surface area contributed by atoms with Crippen LogP contribution in [0.3, 0.4) is 0 Å². The molecule has 0 spiro atoms. The number of carbonyl (C=O) groups excluding carboxylic acids is 3. The Morgan fingerprint density at radius 1 is 1.00 bits per heavy atom. The molecular weight excluding hydrogens is 370 g/mol. The lowest BCUT2D eigenvalue weighted by molar-refractivity contribution is -0.136. The van der Waals surface area contributed by atoms with Gasteiger partial charge in [0.15, 0.2) is 0 Å². The van der Waals surface area contributed by atoms with Gasteiger partial charge in [0.1, 0.15) is 0 Å². The van der Waals surface area contributed by atoms with Gasteiger partial charge in [-0.2, -0.15) is 5.10 Å². The summed E-state index contributed by atoms with van der Waals surface area (Å²) in [6.07, 6.45) is 9.87. The summed E-state index contributed by atoms with van der Waals surface area (Å²) >= 11 is 0. The molecule has 1 aliphatic carbocycles. The van der Waals surface area contributed by atoms with Crippen LogP contribution in [-0.4, -0.2) is 35.0 Å². The Labute approximate surface area is 168 Å². The van der Waals surface area contributed by atoms with E-state index >= 15 is 0 Å². The van der Waals surface area contributed by atoms with E-state index in [0.717, 1.165) is 25.7 Å². The quantitative estimate of drug-likeness (QED) is 0.411. The molecule has 0 bridgehead atoms. The van der Waals surface area contributed by atoms with Gasteiger partial charge in [0.05, 0.1) is 17.5 Å². The van der Waals surface area contributed by atoms with Crippen molar-refractivity contribution in [2.45, 2.75) is 38.1 Å². The molecule has 1 aromatic heterocycles. The van der Waals surface area contributed by atoms with Gasteiger partial charge in [-0.3, -0.25) is 19.4 Å². The number of nitrogens with zero attached hydrogens (tertiary/aromatic N) is 2. The zero-order valence-corrected chi connectivity index (χ0v) is 15.9. The highest BCUT2D eigenvalue weighted by molar-refractivity contribution is 6.40. The lowest BCUT2D eigenvalue weighted by atomic mass is 9.95. The molecular formula is C21H23N5O3. The van der Waals surface area contributed by atoms with Gasteiger partial charge in [0.25, 0.3) is 5.91 Å². The van der Waals surface area contributed by atoms with E-state index in [1.54, 1.807) is 48.8 Å². The highest BCUT2D eigenvalue weighted by Gasteiger charge is 2.20. The summed E-state index contributed by atoms with van der Waals surface area (Å²) in [7, 11) is 0. The van der Waals surface area contributed by atoms with Crippen molar-refractivity contribution in [2.75, 3.05) is 5.32 Å². The number of hydrazone groups is 1. The van der Waals surface area contributed by atoms with Crippen molar-refractivity contribution in [1.29, 1.82) is 0 Å². The lowest BCUT2D eigenvalue weighted by Crippen LogP contribution is -2.37. The zero-order chi connectivity index (χ0) is 20.5. The first kappa shape index (κ1) is 20.2. The van der Waals surface area contributed by atoms with E-state index in [2.05, 4.69) is 26.1 Å². The monoisotopic (exact) mass is 393 g/mol. The minimum atomic E-state index is -0.937. The van der Waals surface area contributed by atoms with Crippen molar-refractivity contribution in [3.63, 3.8) is 0 Å². The molecule has 29 heavy (non-hydrogen) atoms. The maximum atomic E-state index is 12.6. The van der Waals surface area contributed by atoms with E-state index < -0.39 is 11.8 Å². The molecule has 0 atom stereocenters. The Hall–Kier alpha value is -3.55. The normalized spacial score (nSPS) is 14.3.